The first kappa shape index (κ1) is 19.7. The van der Waals surface area contributed by atoms with Gasteiger partial charge in [-0.3, -0.25) is 0 Å². The van der Waals surface area contributed by atoms with Gasteiger partial charge in [0.05, 0.1) is 12.6 Å². The fourth-order valence-electron chi connectivity index (χ4n) is 3.70. The van der Waals surface area contributed by atoms with E-state index in [2.05, 4.69) is 5.32 Å². The number of nitrogens with two attached hydrogens (primary N) is 1. The Bertz CT molecular complexity index is 1020. The summed E-state index contributed by atoms with van der Waals surface area (Å²) in [5.41, 5.74) is 8.26. The number of ether oxygens (including phenoxy) is 1. The minimum Gasteiger partial charge on any atom is -0.497 e. The topological polar surface area (TPSA) is 73.1 Å². The summed E-state index contributed by atoms with van der Waals surface area (Å²) in [5, 5.41) is 5.24. The van der Waals surface area contributed by atoms with Crippen molar-refractivity contribution in [2.24, 2.45) is 5.73 Å². The molecule has 4 rings (SSSR count). The number of methoxy groups -OCH3 is 1. The first-order valence-corrected chi connectivity index (χ1v) is 10.3. The molecule has 0 spiro atoms. The normalized spacial score (nSPS) is 19.6. The Kier molecular flexibility index (Phi) is 5.97. The highest BCUT2D eigenvalue weighted by atomic mass is 35.5. The first-order chi connectivity index (χ1) is 14.1. The molecule has 1 saturated carbocycles. The SMILES string of the molecule is COc1ccc2nc(C=Cc3ccc(Cl)cc3)nc(N[C@H]3CCCC[C@H]3N)c2c1. The molecule has 29 heavy (non-hydrogen) atoms. The van der Waals surface area contributed by atoms with Crippen molar-refractivity contribution >= 4 is 40.5 Å². The highest BCUT2D eigenvalue weighted by molar-refractivity contribution is 6.30. The third kappa shape index (κ3) is 4.69. The summed E-state index contributed by atoms with van der Waals surface area (Å²) >= 11 is 5.97. The van der Waals surface area contributed by atoms with Crippen molar-refractivity contribution in [3.63, 3.8) is 0 Å². The number of hydrogen-bond donors (Lipinski definition) is 2. The van der Waals surface area contributed by atoms with Crippen molar-refractivity contribution in [1.29, 1.82) is 0 Å². The summed E-state index contributed by atoms with van der Waals surface area (Å²) in [6.45, 7) is 0. The Morgan fingerprint density at radius 3 is 2.62 bits per heavy atom. The Morgan fingerprint density at radius 2 is 1.86 bits per heavy atom. The van der Waals surface area contributed by atoms with Gasteiger partial charge in [-0.2, -0.15) is 0 Å². The van der Waals surface area contributed by atoms with E-state index in [1.165, 1.54) is 12.8 Å². The third-order valence-electron chi connectivity index (χ3n) is 5.36. The lowest BCUT2D eigenvalue weighted by Gasteiger charge is -2.30. The number of halogens is 1. The Labute approximate surface area is 176 Å². The maximum absolute atomic E-state index is 6.36. The van der Waals surface area contributed by atoms with Crippen molar-refractivity contribution in [1.82, 2.24) is 9.97 Å². The van der Waals surface area contributed by atoms with Gasteiger partial charge in [-0.1, -0.05) is 42.7 Å². The highest BCUT2D eigenvalue weighted by Gasteiger charge is 2.23. The van der Waals surface area contributed by atoms with E-state index in [9.17, 15) is 0 Å². The smallest absolute Gasteiger partial charge is 0.154 e. The second kappa shape index (κ2) is 8.80. The zero-order chi connectivity index (χ0) is 20.2. The summed E-state index contributed by atoms with van der Waals surface area (Å²) in [5.74, 6) is 2.22. The van der Waals surface area contributed by atoms with Crippen molar-refractivity contribution in [2.45, 2.75) is 37.8 Å². The molecule has 0 unspecified atom stereocenters. The van der Waals surface area contributed by atoms with Gasteiger partial charge in [-0.05, 0) is 54.8 Å². The molecule has 150 valence electrons. The number of hydrogen-bond acceptors (Lipinski definition) is 5. The Morgan fingerprint density at radius 1 is 1.07 bits per heavy atom. The molecule has 3 N–H and O–H groups in total. The number of anilines is 1. The van der Waals surface area contributed by atoms with E-state index in [1.807, 2.05) is 54.6 Å². The second-order valence-electron chi connectivity index (χ2n) is 7.40. The molecule has 1 heterocycles. The van der Waals surface area contributed by atoms with Crippen LogP contribution in [0.1, 0.15) is 37.1 Å². The molecule has 1 fully saturated rings. The van der Waals surface area contributed by atoms with E-state index in [1.54, 1.807) is 7.11 Å². The van der Waals surface area contributed by atoms with Crippen molar-refractivity contribution in [3.8, 4) is 5.75 Å². The lowest BCUT2D eigenvalue weighted by molar-refractivity contribution is 0.403. The third-order valence-corrected chi connectivity index (χ3v) is 5.61. The number of rotatable bonds is 5. The van der Waals surface area contributed by atoms with Crippen molar-refractivity contribution < 1.29 is 4.74 Å². The average Bonchev–Trinajstić information content (AvgIpc) is 2.74. The largest absolute Gasteiger partial charge is 0.497 e. The average molecular weight is 409 g/mol. The summed E-state index contributed by atoms with van der Waals surface area (Å²) in [7, 11) is 1.66. The summed E-state index contributed by atoms with van der Waals surface area (Å²) < 4.78 is 5.40. The predicted molar refractivity (Wildman–Crippen MR) is 120 cm³/mol. The molecule has 1 aliphatic carbocycles. The molecule has 0 bridgehead atoms. The lowest BCUT2D eigenvalue weighted by Crippen LogP contribution is -2.42. The molecule has 1 aliphatic rings. The first-order valence-electron chi connectivity index (χ1n) is 9.94. The minimum atomic E-state index is 0.132. The predicted octanol–water partition coefficient (Wildman–Crippen LogP) is 5.14. The van der Waals surface area contributed by atoms with E-state index < -0.39 is 0 Å². The number of aromatic nitrogens is 2. The molecule has 2 atom stereocenters. The molecule has 3 aromatic rings. The number of nitrogens with zero attached hydrogens (tertiary/aromatic N) is 2. The van der Waals surface area contributed by atoms with Crippen LogP contribution in [-0.4, -0.2) is 29.2 Å². The Hall–Kier alpha value is -2.63. The van der Waals surface area contributed by atoms with Crippen LogP contribution in [0.4, 0.5) is 5.82 Å². The zero-order valence-electron chi connectivity index (χ0n) is 16.4. The fraction of sp³-hybridized carbons (Fsp3) is 0.304. The monoisotopic (exact) mass is 408 g/mol. The molecule has 6 heteroatoms. The molecule has 1 aromatic heterocycles. The zero-order valence-corrected chi connectivity index (χ0v) is 17.2. The molecular weight excluding hydrogens is 384 g/mol. The van der Waals surface area contributed by atoms with Crippen LogP contribution in [0.3, 0.4) is 0 Å². The van der Waals surface area contributed by atoms with Crippen LogP contribution in [0.2, 0.25) is 5.02 Å². The summed E-state index contributed by atoms with van der Waals surface area (Å²) in [4.78, 5) is 9.50. The van der Waals surface area contributed by atoms with E-state index in [0.29, 0.717) is 10.8 Å². The van der Waals surface area contributed by atoms with Gasteiger partial charge in [0.1, 0.15) is 11.6 Å². The lowest BCUT2D eigenvalue weighted by atomic mass is 9.91. The number of fused-ring (bicyclic) bond motifs is 1. The molecule has 0 saturated heterocycles. The van der Waals surface area contributed by atoms with Crippen molar-refractivity contribution in [3.05, 3.63) is 58.9 Å². The van der Waals surface area contributed by atoms with Crippen LogP contribution >= 0.6 is 11.6 Å². The fourth-order valence-corrected chi connectivity index (χ4v) is 3.82. The summed E-state index contributed by atoms with van der Waals surface area (Å²) in [6, 6.07) is 13.8. The number of benzene rings is 2. The van der Waals surface area contributed by atoms with Crippen LogP contribution in [0.5, 0.6) is 5.75 Å². The second-order valence-corrected chi connectivity index (χ2v) is 7.83. The standard InChI is InChI=1S/C23H25ClN4O/c1-29-17-11-12-20-18(14-17)23(27-21-5-3-2-4-19(21)25)28-22(26-20)13-8-15-6-9-16(24)10-7-15/h6-14,19,21H,2-5,25H2,1H3,(H,26,27,28)/t19-,21+/m1/s1. The highest BCUT2D eigenvalue weighted by Crippen LogP contribution is 2.28. The van der Waals surface area contributed by atoms with Gasteiger partial charge in [0.25, 0.3) is 0 Å². The van der Waals surface area contributed by atoms with Crippen LogP contribution in [-0.2, 0) is 0 Å². The Balaban J connectivity index is 1.70. The summed E-state index contributed by atoms with van der Waals surface area (Å²) in [6.07, 6.45) is 8.35. The maximum Gasteiger partial charge on any atom is 0.154 e. The van der Waals surface area contributed by atoms with Gasteiger partial charge in [0.15, 0.2) is 5.82 Å². The maximum atomic E-state index is 6.36. The van der Waals surface area contributed by atoms with Crippen LogP contribution in [0.15, 0.2) is 42.5 Å². The van der Waals surface area contributed by atoms with Gasteiger partial charge in [-0.25, -0.2) is 9.97 Å². The van der Waals surface area contributed by atoms with Crippen LogP contribution in [0, 0.1) is 0 Å². The van der Waals surface area contributed by atoms with Gasteiger partial charge in [-0.15, -0.1) is 0 Å². The van der Waals surface area contributed by atoms with E-state index in [4.69, 9.17) is 32.0 Å². The molecule has 0 aliphatic heterocycles. The molecule has 0 amide bonds. The number of nitrogens with one attached hydrogen (secondary N) is 1. The van der Waals surface area contributed by atoms with Crippen LogP contribution < -0.4 is 15.8 Å². The van der Waals surface area contributed by atoms with Crippen molar-refractivity contribution in [2.75, 3.05) is 12.4 Å². The van der Waals surface area contributed by atoms with E-state index >= 15 is 0 Å². The van der Waals surface area contributed by atoms with Gasteiger partial charge in [0.2, 0.25) is 0 Å². The molecule has 5 nitrogen and oxygen atoms in total. The van der Waals surface area contributed by atoms with Crippen LogP contribution in [0.25, 0.3) is 23.1 Å². The van der Waals surface area contributed by atoms with E-state index in [-0.39, 0.29) is 12.1 Å². The van der Waals surface area contributed by atoms with E-state index in [0.717, 1.165) is 40.9 Å². The van der Waals surface area contributed by atoms with Gasteiger partial charge < -0.3 is 15.8 Å². The molecular formula is C23H25ClN4O. The molecule has 2 aromatic carbocycles. The quantitative estimate of drug-likeness (QED) is 0.611. The van der Waals surface area contributed by atoms with Gasteiger partial charge in [0, 0.05) is 22.5 Å². The molecule has 0 radical (unpaired) electrons. The minimum absolute atomic E-state index is 0.132. The van der Waals surface area contributed by atoms with Gasteiger partial charge >= 0.3 is 0 Å².